The third kappa shape index (κ3) is 3.52. The molecule has 1 amide bonds. The second-order valence-corrected chi connectivity index (χ2v) is 9.79. The van der Waals surface area contributed by atoms with E-state index in [-0.39, 0.29) is 22.5 Å². The lowest BCUT2D eigenvalue weighted by molar-refractivity contribution is 0.0664. The largest absolute Gasteiger partial charge is 0.477 e. The predicted octanol–water partition coefficient (Wildman–Crippen LogP) is 4.60. The Hall–Kier alpha value is -4.20. The van der Waals surface area contributed by atoms with Crippen LogP contribution in [0.5, 0.6) is 0 Å². The molecule has 3 heterocycles. The fraction of sp³-hybridized carbons (Fsp3) is 0.286. The number of anilines is 2. The summed E-state index contributed by atoms with van der Waals surface area (Å²) < 4.78 is 1.42. The molecule has 8 nitrogen and oxygen atoms in total. The highest BCUT2D eigenvalue weighted by Crippen LogP contribution is 2.46. The fourth-order valence-electron chi connectivity index (χ4n) is 5.79. The number of piperidine rings is 1. The SMILES string of the molecule is Cc1ccccc1Nc1c(C(=O)N2CCC3(CCc4ccccc43)CC2)cnc2c(C(=O)O)cnn12. The van der Waals surface area contributed by atoms with Gasteiger partial charge in [-0.15, -0.1) is 0 Å². The molecule has 0 atom stereocenters. The van der Waals surface area contributed by atoms with Gasteiger partial charge in [0.1, 0.15) is 16.9 Å². The lowest BCUT2D eigenvalue weighted by Gasteiger charge is -2.40. The van der Waals surface area contributed by atoms with Crippen molar-refractivity contribution in [2.75, 3.05) is 18.4 Å². The quantitative estimate of drug-likeness (QED) is 0.442. The van der Waals surface area contributed by atoms with Crippen LogP contribution in [0.4, 0.5) is 11.5 Å². The Bertz CT molecular complexity index is 1500. The van der Waals surface area contributed by atoms with Gasteiger partial charge in [-0.25, -0.2) is 9.78 Å². The topological polar surface area (TPSA) is 99.8 Å². The predicted molar refractivity (Wildman–Crippen MR) is 136 cm³/mol. The third-order valence-electron chi connectivity index (χ3n) is 7.86. The zero-order valence-electron chi connectivity index (χ0n) is 20.1. The summed E-state index contributed by atoms with van der Waals surface area (Å²) in [5.41, 5.74) is 5.38. The van der Waals surface area contributed by atoms with Crippen molar-refractivity contribution in [3.05, 3.63) is 88.7 Å². The lowest BCUT2D eigenvalue weighted by Crippen LogP contribution is -2.44. The Labute approximate surface area is 208 Å². The number of aryl methyl sites for hydroxylation is 2. The number of para-hydroxylation sites is 1. The van der Waals surface area contributed by atoms with Crippen LogP contribution < -0.4 is 5.32 Å². The second kappa shape index (κ2) is 8.48. The van der Waals surface area contributed by atoms with E-state index in [0.29, 0.717) is 24.5 Å². The average molecular weight is 482 g/mol. The monoisotopic (exact) mass is 481 g/mol. The highest BCUT2D eigenvalue weighted by Gasteiger charge is 2.42. The summed E-state index contributed by atoms with van der Waals surface area (Å²) in [5, 5.41) is 17.2. The standard InChI is InChI=1S/C28H27N5O3/c1-18-6-2-5-9-23(18)31-25-20(16-29-24-21(27(35)36)17-30-33(24)25)26(34)32-14-12-28(13-15-32)11-10-19-7-3-4-8-22(19)28/h2-9,16-17,31H,10-15H2,1H3,(H,35,36). The van der Waals surface area contributed by atoms with Crippen molar-refractivity contribution < 1.29 is 14.7 Å². The highest BCUT2D eigenvalue weighted by molar-refractivity contribution is 6.01. The molecule has 182 valence electrons. The van der Waals surface area contributed by atoms with Crippen LogP contribution in [0.15, 0.2) is 60.9 Å². The molecule has 36 heavy (non-hydrogen) atoms. The molecule has 0 radical (unpaired) electrons. The average Bonchev–Trinajstić information content (AvgIpc) is 3.48. The van der Waals surface area contributed by atoms with Crippen LogP contribution in [-0.4, -0.2) is 49.6 Å². The summed E-state index contributed by atoms with van der Waals surface area (Å²) in [6, 6.07) is 16.4. The van der Waals surface area contributed by atoms with E-state index in [1.807, 2.05) is 36.1 Å². The van der Waals surface area contributed by atoms with E-state index in [9.17, 15) is 14.7 Å². The van der Waals surface area contributed by atoms with Gasteiger partial charge in [-0.05, 0) is 60.8 Å². The zero-order chi connectivity index (χ0) is 24.9. The third-order valence-corrected chi connectivity index (χ3v) is 7.86. The number of aromatic carboxylic acids is 1. The molecule has 0 bridgehead atoms. The lowest BCUT2D eigenvalue weighted by atomic mass is 9.74. The molecule has 1 aliphatic heterocycles. The van der Waals surface area contributed by atoms with Gasteiger partial charge in [-0.1, -0.05) is 42.5 Å². The van der Waals surface area contributed by atoms with E-state index in [4.69, 9.17) is 0 Å². The molecule has 6 rings (SSSR count). The summed E-state index contributed by atoms with van der Waals surface area (Å²) in [5.74, 6) is -0.830. The Morgan fingerprint density at radius 2 is 1.72 bits per heavy atom. The number of amides is 1. The Morgan fingerprint density at radius 1 is 0.972 bits per heavy atom. The van der Waals surface area contributed by atoms with Gasteiger partial charge in [0.25, 0.3) is 5.91 Å². The van der Waals surface area contributed by atoms with Crippen molar-refractivity contribution in [3.63, 3.8) is 0 Å². The molecule has 0 saturated carbocycles. The van der Waals surface area contributed by atoms with E-state index in [0.717, 1.165) is 36.9 Å². The number of carboxylic acids is 1. The van der Waals surface area contributed by atoms with Crippen molar-refractivity contribution in [2.24, 2.45) is 0 Å². The van der Waals surface area contributed by atoms with Crippen molar-refractivity contribution >= 4 is 29.0 Å². The highest BCUT2D eigenvalue weighted by atomic mass is 16.4. The van der Waals surface area contributed by atoms with Crippen LogP contribution >= 0.6 is 0 Å². The number of aromatic nitrogens is 3. The van der Waals surface area contributed by atoms with Gasteiger partial charge in [-0.3, -0.25) is 4.79 Å². The first-order valence-corrected chi connectivity index (χ1v) is 12.3. The minimum Gasteiger partial charge on any atom is -0.477 e. The van der Waals surface area contributed by atoms with Crippen molar-refractivity contribution in [2.45, 2.75) is 38.0 Å². The molecule has 2 aromatic carbocycles. The molecule has 1 fully saturated rings. The van der Waals surface area contributed by atoms with E-state index in [1.54, 1.807) is 0 Å². The Kier molecular flexibility index (Phi) is 5.25. The Morgan fingerprint density at radius 3 is 2.50 bits per heavy atom. The van der Waals surface area contributed by atoms with Gasteiger partial charge in [0, 0.05) is 25.0 Å². The molecular weight excluding hydrogens is 454 g/mol. The minimum absolute atomic E-state index is 0.0124. The van der Waals surface area contributed by atoms with Crippen LogP contribution in [0.2, 0.25) is 0 Å². The number of carbonyl (C=O) groups excluding carboxylic acids is 1. The van der Waals surface area contributed by atoms with Crippen LogP contribution in [0.3, 0.4) is 0 Å². The molecule has 2 N–H and O–H groups in total. The second-order valence-electron chi connectivity index (χ2n) is 9.79. The normalized spacial score (nSPS) is 16.3. The minimum atomic E-state index is -1.11. The maximum Gasteiger partial charge on any atom is 0.341 e. The summed E-state index contributed by atoms with van der Waals surface area (Å²) in [7, 11) is 0. The number of hydrogen-bond acceptors (Lipinski definition) is 5. The number of benzene rings is 2. The van der Waals surface area contributed by atoms with Crippen molar-refractivity contribution in [1.82, 2.24) is 19.5 Å². The molecule has 1 aliphatic carbocycles. The van der Waals surface area contributed by atoms with Gasteiger partial charge in [0.2, 0.25) is 0 Å². The fourth-order valence-corrected chi connectivity index (χ4v) is 5.79. The number of nitrogens with zero attached hydrogens (tertiary/aromatic N) is 4. The smallest absolute Gasteiger partial charge is 0.341 e. The summed E-state index contributed by atoms with van der Waals surface area (Å²) in [4.78, 5) is 31.7. The molecule has 2 aliphatic rings. The molecule has 2 aromatic heterocycles. The molecule has 8 heteroatoms. The van der Waals surface area contributed by atoms with Crippen molar-refractivity contribution in [1.29, 1.82) is 0 Å². The van der Waals surface area contributed by atoms with Gasteiger partial charge in [0.05, 0.1) is 6.20 Å². The van der Waals surface area contributed by atoms with Gasteiger partial charge >= 0.3 is 5.97 Å². The first-order valence-electron chi connectivity index (χ1n) is 12.3. The van der Waals surface area contributed by atoms with Crippen LogP contribution in [-0.2, 0) is 11.8 Å². The van der Waals surface area contributed by atoms with E-state index >= 15 is 0 Å². The number of carbonyl (C=O) groups is 2. The number of likely N-dealkylation sites (tertiary alicyclic amines) is 1. The molecule has 1 spiro atoms. The van der Waals surface area contributed by atoms with Crippen LogP contribution in [0, 0.1) is 6.92 Å². The maximum atomic E-state index is 13.8. The maximum absolute atomic E-state index is 13.8. The van der Waals surface area contributed by atoms with E-state index in [2.05, 4.69) is 39.7 Å². The number of fused-ring (bicyclic) bond motifs is 3. The summed E-state index contributed by atoms with van der Waals surface area (Å²) in [6.45, 7) is 3.29. The molecule has 0 unspecified atom stereocenters. The van der Waals surface area contributed by atoms with Crippen molar-refractivity contribution in [3.8, 4) is 0 Å². The van der Waals surface area contributed by atoms with E-state index in [1.165, 1.54) is 28.0 Å². The summed E-state index contributed by atoms with van der Waals surface area (Å²) >= 11 is 0. The number of carboxylic acid groups (broad SMARTS) is 1. The molecular formula is C28H27N5O3. The first kappa shape index (κ1) is 22.3. The summed E-state index contributed by atoms with van der Waals surface area (Å²) in [6.07, 6.45) is 6.83. The Balaban J connectivity index is 1.34. The molecule has 1 saturated heterocycles. The zero-order valence-corrected chi connectivity index (χ0v) is 20.1. The first-order chi connectivity index (χ1) is 17.5. The number of hydrogen-bond donors (Lipinski definition) is 2. The number of nitrogens with one attached hydrogen (secondary N) is 1. The van der Waals surface area contributed by atoms with Crippen LogP contribution in [0.1, 0.15) is 56.7 Å². The van der Waals surface area contributed by atoms with E-state index < -0.39 is 5.97 Å². The number of rotatable bonds is 4. The van der Waals surface area contributed by atoms with Crippen LogP contribution in [0.25, 0.3) is 5.65 Å². The molecule has 4 aromatic rings. The van der Waals surface area contributed by atoms with Gasteiger partial charge in [0.15, 0.2) is 5.65 Å². The van der Waals surface area contributed by atoms with Gasteiger partial charge in [-0.2, -0.15) is 9.61 Å². The van der Waals surface area contributed by atoms with Gasteiger partial charge < -0.3 is 15.3 Å².